The molecule has 2 N–H and O–H groups in total. The van der Waals surface area contributed by atoms with Crippen molar-refractivity contribution in [2.45, 2.75) is 33.2 Å². The molecule has 102 valence electrons. The van der Waals surface area contributed by atoms with E-state index in [1.807, 2.05) is 18.7 Å². The van der Waals surface area contributed by atoms with Gasteiger partial charge in [0.1, 0.15) is 5.82 Å². The maximum Gasteiger partial charge on any atom is 0.150 e. The Labute approximate surface area is 110 Å². The zero-order chi connectivity index (χ0) is 13.3. The van der Waals surface area contributed by atoms with Crippen molar-refractivity contribution in [2.24, 2.45) is 7.05 Å². The molecule has 0 aliphatic carbocycles. The molecule has 0 radical (unpaired) electrons. The SMILES string of the molecule is CCC(C)N1CCN(c2c(N)c(C)nn2C)CC1. The maximum absolute atomic E-state index is 6.12. The summed E-state index contributed by atoms with van der Waals surface area (Å²) in [5.74, 6) is 1.08. The lowest BCUT2D eigenvalue weighted by molar-refractivity contribution is 0.192. The number of aryl methyl sites for hydroxylation is 2. The van der Waals surface area contributed by atoms with Crippen LogP contribution in [0.1, 0.15) is 26.0 Å². The first-order chi connectivity index (χ1) is 8.54. The van der Waals surface area contributed by atoms with E-state index in [-0.39, 0.29) is 0 Å². The Balaban J connectivity index is 2.05. The van der Waals surface area contributed by atoms with Crippen LogP contribution in [0.15, 0.2) is 0 Å². The number of hydrogen-bond acceptors (Lipinski definition) is 4. The van der Waals surface area contributed by atoms with Crippen LogP contribution in [0.3, 0.4) is 0 Å². The minimum absolute atomic E-state index is 0.678. The molecule has 1 atom stereocenters. The molecule has 1 unspecified atom stereocenters. The van der Waals surface area contributed by atoms with Gasteiger partial charge in [0.25, 0.3) is 0 Å². The summed E-state index contributed by atoms with van der Waals surface area (Å²) in [6, 6.07) is 0.678. The first kappa shape index (κ1) is 13.2. The molecule has 1 aromatic rings. The van der Waals surface area contributed by atoms with E-state index in [0.717, 1.165) is 43.4 Å². The van der Waals surface area contributed by atoms with Crippen LogP contribution in [0.4, 0.5) is 11.5 Å². The van der Waals surface area contributed by atoms with Crippen molar-refractivity contribution in [3.63, 3.8) is 0 Å². The van der Waals surface area contributed by atoms with Crippen LogP contribution >= 0.6 is 0 Å². The van der Waals surface area contributed by atoms with Gasteiger partial charge in [-0.2, -0.15) is 5.10 Å². The van der Waals surface area contributed by atoms with Crippen molar-refractivity contribution < 1.29 is 0 Å². The third kappa shape index (κ3) is 2.32. The fourth-order valence-electron chi connectivity index (χ4n) is 2.67. The minimum Gasteiger partial charge on any atom is -0.394 e. The standard InChI is InChI=1S/C13H25N5/c1-5-10(2)17-6-8-18(9-7-17)13-12(14)11(3)15-16(13)4/h10H,5-9,14H2,1-4H3. The zero-order valence-electron chi connectivity index (χ0n) is 12.0. The molecular weight excluding hydrogens is 226 g/mol. The first-order valence-electron chi connectivity index (χ1n) is 6.82. The summed E-state index contributed by atoms with van der Waals surface area (Å²) in [7, 11) is 1.97. The van der Waals surface area contributed by atoms with E-state index in [2.05, 4.69) is 28.7 Å². The van der Waals surface area contributed by atoms with Crippen LogP contribution in [0.25, 0.3) is 0 Å². The second-order valence-electron chi connectivity index (χ2n) is 5.23. The summed E-state index contributed by atoms with van der Waals surface area (Å²) in [5, 5.41) is 4.39. The predicted molar refractivity (Wildman–Crippen MR) is 75.9 cm³/mol. The summed E-state index contributed by atoms with van der Waals surface area (Å²) < 4.78 is 1.91. The molecule has 1 aromatic heterocycles. The zero-order valence-corrected chi connectivity index (χ0v) is 12.0. The van der Waals surface area contributed by atoms with Crippen molar-refractivity contribution >= 4 is 11.5 Å². The van der Waals surface area contributed by atoms with E-state index in [4.69, 9.17) is 5.73 Å². The predicted octanol–water partition coefficient (Wildman–Crippen LogP) is 1.23. The van der Waals surface area contributed by atoms with Gasteiger partial charge in [-0.05, 0) is 20.3 Å². The lowest BCUT2D eigenvalue weighted by Gasteiger charge is -2.38. The highest BCUT2D eigenvalue weighted by Crippen LogP contribution is 2.26. The van der Waals surface area contributed by atoms with Crippen molar-refractivity contribution in [3.8, 4) is 0 Å². The monoisotopic (exact) mass is 251 g/mol. The highest BCUT2D eigenvalue weighted by Gasteiger charge is 2.24. The van der Waals surface area contributed by atoms with Crippen molar-refractivity contribution in [3.05, 3.63) is 5.69 Å². The molecule has 2 heterocycles. The summed E-state index contributed by atoms with van der Waals surface area (Å²) in [4.78, 5) is 4.91. The Morgan fingerprint density at radius 3 is 2.33 bits per heavy atom. The molecule has 0 aromatic carbocycles. The molecule has 0 spiro atoms. The average molecular weight is 251 g/mol. The third-order valence-electron chi connectivity index (χ3n) is 4.07. The molecule has 0 bridgehead atoms. The molecule has 0 amide bonds. The van der Waals surface area contributed by atoms with Gasteiger partial charge in [0.15, 0.2) is 0 Å². The van der Waals surface area contributed by atoms with E-state index in [1.165, 1.54) is 6.42 Å². The van der Waals surface area contributed by atoms with Crippen LogP contribution in [0.5, 0.6) is 0 Å². The third-order valence-corrected chi connectivity index (χ3v) is 4.07. The first-order valence-corrected chi connectivity index (χ1v) is 6.82. The van der Waals surface area contributed by atoms with Gasteiger partial charge in [-0.25, -0.2) is 0 Å². The Hall–Kier alpha value is -1.23. The Kier molecular flexibility index (Phi) is 3.80. The fraction of sp³-hybridized carbons (Fsp3) is 0.769. The molecule has 1 aliphatic rings. The van der Waals surface area contributed by atoms with E-state index >= 15 is 0 Å². The number of nitrogens with two attached hydrogens (primary N) is 1. The highest BCUT2D eigenvalue weighted by molar-refractivity contribution is 5.66. The van der Waals surface area contributed by atoms with Gasteiger partial charge >= 0.3 is 0 Å². The normalized spacial score (nSPS) is 19.2. The van der Waals surface area contributed by atoms with E-state index in [0.29, 0.717) is 6.04 Å². The summed E-state index contributed by atoms with van der Waals surface area (Å²) >= 11 is 0. The van der Waals surface area contributed by atoms with Crippen molar-refractivity contribution in [1.29, 1.82) is 0 Å². The number of anilines is 2. The van der Waals surface area contributed by atoms with E-state index in [1.54, 1.807) is 0 Å². The summed E-state index contributed by atoms with van der Waals surface area (Å²) in [6.45, 7) is 10.8. The Morgan fingerprint density at radius 1 is 1.28 bits per heavy atom. The number of nitrogens with zero attached hydrogens (tertiary/aromatic N) is 4. The van der Waals surface area contributed by atoms with Gasteiger partial charge in [-0.3, -0.25) is 9.58 Å². The molecule has 5 heteroatoms. The molecule has 1 aliphatic heterocycles. The number of aromatic nitrogens is 2. The molecule has 1 fully saturated rings. The van der Waals surface area contributed by atoms with Gasteiger partial charge in [-0.1, -0.05) is 6.92 Å². The topological polar surface area (TPSA) is 50.3 Å². The summed E-state index contributed by atoms with van der Waals surface area (Å²) in [6.07, 6.45) is 1.22. The summed E-state index contributed by atoms with van der Waals surface area (Å²) in [5.41, 5.74) is 7.87. The largest absolute Gasteiger partial charge is 0.394 e. The van der Waals surface area contributed by atoms with Crippen molar-refractivity contribution in [1.82, 2.24) is 14.7 Å². The van der Waals surface area contributed by atoms with Gasteiger partial charge in [0, 0.05) is 39.3 Å². The lowest BCUT2D eigenvalue weighted by Crippen LogP contribution is -2.50. The van der Waals surface area contributed by atoms with E-state index < -0.39 is 0 Å². The second kappa shape index (κ2) is 5.18. The molecule has 1 saturated heterocycles. The van der Waals surface area contributed by atoms with Gasteiger partial charge in [-0.15, -0.1) is 0 Å². The van der Waals surface area contributed by atoms with Crippen LogP contribution in [0.2, 0.25) is 0 Å². The Morgan fingerprint density at radius 2 is 1.89 bits per heavy atom. The maximum atomic E-state index is 6.12. The fourth-order valence-corrected chi connectivity index (χ4v) is 2.67. The smallest absolute Gasteiger partial charge is 0.150 e. The van der Waals surface area contributed by atoms with Crippen LogP contribution in [0, 0.1) is 6.92 Å². The molecule has 0 saturated carbocycles. The minimum atomic E-state index is 0.678. The van der Waals surface area contributed by atoms with Crippen molar-refractivity contribution in [2.75, 3.05) is 36.8 Å². The molecule has 2 rings (SSSR count). The quantitative estimate of drug-likeness (QED) is 0.878. The molecular formula is C13H25N5. The molecule has 18 heavy (non-hydrogen) atoms. The van der Waals surface area contributed by atoms with Gasteiger partial charge in [0.05, 0.1) is 11.4 Å². The second-order valence-corrected chi connectivity index (χ2v) is 5.23. The highest BCUT2D eigenvalue weighted by atomic mass is 15.4. The van der Waals surface area contributed by atoms with Gasteiger partial charge < -0.3 is 10.6 Å². The number of hydrogen-bond donors (Lipinski definition) is 1. The van der Waals surface area contributed by atoms with Crippen LogP contribution in [-0.2, 0) is 7.05 Å². The average Bonchev–Trinajstić information content (AvgIpc) is 2.63. The van der Waals surface area contributed by atoms with E-state index in [9.17, 15) is 0 Å². The number of rotatable bonds is 3. The van der Waals surface area contributed by atoms with Crippen LogP contribution in [-0.4, -0.2) is 46.9 Å². The lowest BCUT2D eigenvalue weighted by atomic mass is 10.2. The Bertz CT molecular complexity index is 404. The van der Waals surface area contributed by atoms with Gasteiger partial charge in [0.2, 0.25) is 0 Å². The molecule has 5 nitrogen and oxygen atoms in total. The number of nitrogen functional groups attached to an aromatic ring is 1. The van der Waals surface area contributed by atoms with Crippen LogP contribution < -0.4 is 10.6 Å². The number of piperazine rings is 1.